The lowest BCUT2D eigenvalue weighted by atomic mass is 10.1. The number of carbonyl (C=O) groups is 2. The van der Waals surface area contributed by atoms with Gasteiger partial charge in [0, 0.05) is 12.1 Å². The van der Waals surface area contributed by atoms with Crippen molar-refractivity contribution in [3.63, 3.8) is 0 Å². The van der Waals surface area contributed by atoms with Gasteiger partial charge < -0.3 is 29.2 Å². The van der Waals surface area contributed by atoms with E-state index in [1.165, 1.54) is 0 Å². The third kappa shape index (κ3) is 6.33. The number of fused-ring (bicyclic) bond motifs is 1. The van der Waals surface area contributed by atoms with Crippen LogP contribution in [0.1, 0.15) is 24.5 Å². The van der Waals surface area contributed by atoms with Crippen molar-refractivity contribution in [1.82, 2.24) is 0 Å². The summed E-state index contributed by atoms with van der Waals surface area (Å²) in [6, 6.07) is 18.7. The maximum atomic E-state index is 12.9. The van der Waals surface area contributed by atoms with Crippen LogP contribution in [0.4, 0.5) is 11.4 Å². The van der Waals surface area contributed by atoms with Crippen LogP contribution in [0.2, 0.25) is 0 Å². The van der Waals surface area contributed by atoms with Crippen LogP contribution >= 0.6 is 0 Å². The van der Waals surface area contributed by atoms with Gasteiger partial charge in [0.2, 0.25) is 5.91 Å². The molecule has 0 fully saturated rings. The topological polar surface area (TPSA) is 86.3 Å². The molecular weight excluding hydrogens is 472 g/mol. The highest BCUT2D eigenvalue weighted by Crippen LogP contribution is 2.36. The summed E-state index contributed by atoms with van der Waals surface area (Å²) < 4.78 is 22.2. The van der Waals surface area contributed by atoms with E-state index in [1.807, 2.05) is 49.4 Å². The molecule has 2 amide bonds. The second-order valence-corrected chi connectivity index (χ2v) is 8.83. The summed E-state index contributed by atoms with van der Waals surface area (Å²) in [5.41, 5.74) is 3.31. The lowest BCUT2D eigenvalue weighted by molar-refractivity contribution is -0.125. The van der Waals surface area contributed by atoms with Crippen molar-refractivity contribution in [2.75, 3.05) is 37.6 Å². The second kappa shape index (κ2) is 11.7. The van der Waals surface area contributed by atoms with Gasteiger partial charge in [-0.25, -0.2) is 0 Å². The Balaban J connectivity index is 1.40. The average Bonchev–Trinajstić information content (AvgIpc) is 2.90. The largest absolute Gasteiger partial charge is 0.493 e. The number of aryl methyl sites for hydroxylation is 2. The smallest absolute Gasteiger partial charge is 0.267 e. The SMILES string of the molecule is COc1ccc(CCC(=O)Nc2ccc3c(c2)N(CCOc2ccc(C)cc2)C(=O)C(C)O3)cc1OC. The van der Waals surface area contributed by atoms with E-state index < -0.39 is 6.10 Å². The Morgan fingerprint density at radius 2 is 1.76 bits per heavy atom. The first-order valence-electron chi connectivity index (χ1n) is 12.2. The molecule has 1 N–H and O–H groups in total. The molecule has 0 aromatic heterocycles. The number of methoxy groups -OCH3 is 2. The highest BCUT2D eigenvalue weighted by Gasteiger charge is 2.31. The molecule has 1 heterocycles. The van der Waals surface area contributed by atoms with Crippen LogP contribution in [0.25, 0.3) is 0 Å². The number of carbonyl (C=O) groups excluding carboxylic acids is 2. The first-order chi connectivity index (χ1) is 17.9. The van der Waals surface area contributed by atoms with Crippen LogP contribution in [0.3, 0.4) is 0 Å². The number of rotatable bonds is 10. The predicted molar refractivity (Wildman–Crippen MR) is 142 cm³/mol. The summed E-state index contributed by atoms with van der Waals surface area (Å²) in [6.07, 6.45) is 0.222. The molecule has 0 bridgehead atoms. The molecule has 3 aromatic carbocycles. The summed E-state index contributed by atoms with van der Waals surface area (Å²) in [7, 11) is 3.17. The van der Waals surface area contributed by atoms with E-state index in [2.05, 4.69) is 5.32 Å². The van der Waals surface area contributed by atoms with Crippen LogP contribution in [0, 0.1) is 6.92 Å². The quantitative estimate of drug-likeness (QED) is 0.428. The third-order valence-corrected chi connectivity index (χ3v) is 6.14. The monoisotopic (exact) mass is 504 g/mol. The van der Waals surface area contributed by atoms with Crippen LogP contribution in [0.5, 0.6) is 23.0 Å². The molecule has 8 heteroatoms. The lowest BCUT2D eigenvalue weighted by Crippen LogP contribution is -2.46. The fourth-order valence-electron chi connectivity index (χ4n) is 4.12. The van der Waals surface area contributed by atoms with Gasteiger partial charge in [-0.1, -0.05) is 23.8 Å². The Hall–Kier alpha value is -4.20. The van der Waals surface area contributed by atoms with Crippen LogP contribution in [-0.4, -0.2) is 45.3 Å². The molecule has 3 aromatic rings. The molecule has 0 spiro atoms. The zero-order valence-electron chi connectivity index (χ0n) is 21.6. The molecule has 4 rings (SSSR count). The van der Waals surface area contributed by atoms with Gasteiger partial charge in [-0.3, -0.25) is 9.59 Å². The summed E-state index contributed by atoms with van der Waals surface area (Å²) in [5, 5.41) is 2.93. The Morgan fingerprint density at radius 1 is 1.00 bits per heavy atom. The molecule has 1 aliphatic rings. The number of ether oxygens (including phenoxy) is 4. The minimum absolute atomic E-state index is 0.139. The van der Waals surface area contributed by atoms with E-state index in [4.69, 9.17) is 18.9 Å². The maximum Gasteiger partial charge on any atom is 0.267 e. The van der Waals surface area contributed by atoms with Crippen LogP contribution in [-0.2, 0) is 16.0 Å². The number of nitrogens with zero attached hydrogens (tertiary/aromatic N) is 1. The molecule has 1 unspecified atom stereocenters. The number of benzene rings is 3. The van der Waals surface area contributed by atoms with E-state index in [1.54, 1.807) is 44.2 Å². The molecule has 0 saturated carbocycles. The summed E-state index contributed by atoms with van der Waals surface area (Å²) >= 11 is 0. The van der Waals surface area contributed by atoms with Gasteiger partial charge in [0.25, 0.3) is 5.91 Å². The van der Waals surface area contributed by atoms with Crippen molar-refractivity contribution >= 4 is 23.2 Å². The van der Waals surface area contributed by atoms with E-state index in [-0.39, 0.29) is 18.2 Å². The lowest BCUT2D eigenvalue weighted by Gasteiger charge is -2.33. The number of nitrogens with one attached hydrogen (secondary N) is 1. The molecule has 194 valence electrons. The molecule has 1 aliphatic heterocycles. The zero-order chi connectivity index (χ0) is 26.4. The highest BCUT2D eigenvalue weighted by atomic mass is 16.5. The van der Waals surface area contributed by atoms with Gasteiger partial charge in [-0.05, 0) is 68.3 Å². The Morgan fingerprint density at radius 3 is 2.49 bits per heavy atom. The van der Waals surface area contributed by atoms with Crippen LogP contribution < -0.4 is 29.2 Å². The number of hydrogen-bond acceptors (Lipinski definition) is 6. The van der Waals surface area contributed by atoms with Crippen molar-refractivity contribution in [2.45, 2.75) is 32.8 Å². The van der Waals surface area contributed by atoms with E-state index >= 15 is 0 Å². The molecule has 0 saturated heterocycles. The van der Waals surface area contributed by atoms with E-state index in [0.717, 1.165) is 16.9 Å². The normalized spacial score (nSPS) is 14.4. The minimum Gasteiger partial charge on any atom is -0.493 e. The van der Waals surface area contributed by atoms with Gasteiger partial charge in [0.05, 0.1) is 26.5 Å². The minimum atomic E-state index is -0.603. The van der Waals surface area contributed by atoms with Gasteiger partial charge in [0.1, 0.15) is 18.1 Å². The fourth-order valence-corrected chi connectivity index (χ4v) is 4.12. The summed E-state index contributed by atoms with van der Waals surface area (Å²) in [5.74, 6) is 2.31. The standard InChI is InChI=1S/C29H32N2O6/c1-19-5-10-23(11-6-19)36-16-15-31-24-18-22(9-13-25(24)37-20(2)29(31)33)30-28(32)14-8-21-7-12-26(34-3)27(17-21)35-4/h5-7,9-13,17-18,20H,8,14-16H2,1-4H3,(H,30,32). The highest BCUT2D eigenvalue weighted by molar-refractivity contribution is 6.01. The predicted octanol–water partition coefficient (Wildman–Crippen LogP) is 4.78. The number of amides is 2. The molecule has 1 atom stereocenters. The van der Waals surface area contributed by atoms with Gasteiger partial charge in [-0.2, -0.15) is 0 Å². The van der Waals surface area contributed by atoms with Crippen LogP contribution in [0.15, 0.2) is 60.7 Å². The van der Waals surface area contributed by atoms with Crippen molar-refractivity contribution < 1.29 is 28.5 Å². The first-order valence-corrected chi connectivity index (χ1v) is 12.2. The molecule has 0 radical (unpaired) electrons. The average molecular weight is 505 g/mol. The van der Waals surface area contributed by atoms with E-state index in [0.29, 0.717) is 48.2 Å². The molecule has 8 nitrogen and oxygen atoms in total. The van der Waals surface area contributed by atoms with Gasteiger partial charge in [0.15, 0.2) is 17.6 Å². The van der Waals surface area contributed by atoms with Crippen molar-refractivity contribution in [1.29, 1.82) is 0 Å². The Labute approximate surface area is 217 Å². The molecule has 0 aliphatic carbocycles. The number of hydrogen-bond donors (Lipinski definition) is 1. The fraction of sp³-hybridized carbons (Fsp3) is 0.310. The summed E-state index contributed by atoms with van der Waals surface area (Å²) in [4.78, 5) is 27.2. The van der Waals surface area contributed by atoms with Gasteiger partial charge in [-0.15, -0.1) is 0 Å². The van der Waals surface area contributed by atoms with Crippen molar-refractivity contribution in [3.05, 3.63) is 71.8 Å². The summed E-state index contributed by atoms with van der Waals surface area (Å²) in [6.45, 7) is 4.41. The maximum absolute atomic E-state index is 12.9. The third-order valence-electron chi connectivity index (χ3n) is 6.14. The molecular formula is C29H32N2O6. The Bertz CT molecular complexity index is 1260. The molecule has 37 heavy (non-hydrogen) atoms. The number of anilines is 2. The van der Waals surface area contributed by atoms with E-state index in [9.17, 15) is 9.59 Å². The van der Waals surface area contributed by atoms with Crippen molar-refractivity contribution in [2.24, 2.45) is 0 Å². The van der Waals surface area contributed by atoms with Gasteiger partial charge >= 0.3 is 0 Å². The second-order valence-electron chi connectivity index (χ2n) is 8.83. The zero-order valence-corrected chi connectivity index (χ0v) is 21.6. The Kier molecular flexibility index (Phi) is 8.18. The van der Waals surface area contributed by atoms with Crippen molar-refractivity contribution in [3.8, 4) is 23.0 Å². The first kappa shape index (κ1) is 25.9.